The highest BCUT2D eigenvalue weighted by molar-refractivity contribution is 6.10. The molecule has 3 rings (SSSR count). The molecule has 0 saturated heterocycles. The van der Waals surface area contributed by atoms with Gasteiger partial charge in [-0.1, -0.05) is 27.0 Å². The minimum Gasteiger partial charge on any atom is -0.507 e. The minimum atomic E-state index is -0.787. The Balaban J connectivity index is 2.07. The lowest BCUT2D eigenvalue weighted by molar-refractivity contribution is -0.123. The standard InChI is InChI=1S/C26H35N5O2/c1-9-11-22(33)26(7,8)30(16(3)4)19-13-14-21(32)20(15-19)25-28-18(6)24-17(5)27-23(12-10-2)31(24)29-25/h13-15,32H,3,6,9-12H2,1-2,4-5,7-8H3,(H,28,29). The van der Waals surface area contributed by atoms with Gasteiger partial charge in [0, 0.05) is 24.2 Å². The number of phenolic OH excluding ortho intramolecular Hbond substituents is 1. The number of hydrogen-bond donors (Lipinski definition) is 2. The molecule has 0 bridgehead atoms. The van der Waals surface area contributed by atoms with Gasteiger partial charge in [-0.05, 0) is 58.7 Å². The third-order valence-corrected chi connectivity index (χ3v) is 5.93. The molecule has 33 heavy (non-hydrogen) atoms. The summed E-state index contributed by atoms with van der Waals surface area (Å²) in [7, 11) is 0. The first-order valence-electron chi connectivity index (χ1n) is 11.5. The third kappa shape index (κ3) is 4.45. The van der Waals surface area contributed by atoms with Crippen LogP contribution in [0.5, 0.6) is 5.75 Å². The second kappa shape index (κ2) is 9.25. The highest BCUT2D eigenvalue weighted by atomic mass is 16.3. The molecule has 176 valence electrons. The van der Waals surface area contributed by atoms with Gasteiger partial charge in [0.15, 0.2) is 11.6 Å². The number of imidazole rings is 1. The number of benzene rings is 1. The number of carbonyl (C=O) groups is 1. The summed E-state index contributed by atoms with van der Waals surface area (Å²) in [4.78, 5) is 24.2. The number of nitrogens with zero attached hydrogens (tertiary/aromatic N) is 4. The molecule has 2 N–H and O–H groups in total. The zero-order valence-corrected chi connectivity index (χ0v) is 20.6. The fourth-order valence-corrected chi connectivity index (χ4v) is 4.41. The summed E-state index contributed by atoms with van der Waals surface area (Å²) in [6.07, 6.45) is 3.02. The first-order chi connectivity index (χ1) is 15.5. The molecule has 0 spiro atoms. The highest BCUT2D eigenvalue weighted by Crippen LogP contribution is 2.34. The van der Waals surface area contributed by atoms with Gasteiger partial charge in [-0.25, -0.2) is 14.7 Å². The number of nitrogens with one attached hydrogen (secondary N) is 1. The number of phenols is 1. The predicted octanol–water partition coefficient (Wildman–Crippen LogP) is 5.31. The molecule has 7 heteroatoms. The Morgan fingerprint density at radius 2 is 1.97 bits per heavy atom. The average Bonchev–Trinajstić information content (AvgIpc) is 3.05. The monoisotopic (exact) mass is 449 g/mol. The molecular weight excluding hydrogens is 414 g/mol. The number of carbonyl (C=O) groups excluding carboxylic acids is 1. The van der Waals surface area contributed by atoms with Crippen molar-refractivity contribution in [1.29, 1.82) is 0 Å². The van der Waals surface area contributed by atoms with E-state index in [0.717, 1.165) is 47.9 Å². The van der Waals surface area contributed by atoms with Crippen molar-refractivity contribution in [3.63, 3.8) is 0 Å². The SMILES string of the molecule is C=C1N=C(c2cc(N(C(=C)C)C(C)(C)C(=O)CCC)ccc2O)Nn2c(CCC)nc(C)c21. The van der Waals surface area contributed by atoms with E-state index >= 15 is 0 Å². The molecule has 2 heterocycles. The van der Waals surface area contributed by atoms with E-state index in [1.54, 1.807) is 12.1 Å². The van der Waals surface area contributed by atoms with E-state index in [-0.39, 0.29) is 11.5 Å². The number of ketones is 1. The Labute approximate surface area is 196 Å². The minimum absolute atomic E-state index is 0.0782. The number of fused-ring (bicyclic) bond motifs is 1. The van der Waals surface area contributed by atoms with E-state index in [4.69, 9.17) is 0 Å². The van der Waals surface area contributed by atoms with Gasteiger partial charge in [-0.3, -0.25) is 10.2 Å². The van der Waals surface area contributed by atoms with Crippen LogP contribution in [-0.2, 0) is 11.2 Å². The number of aromatic hydroxyl groups is 1. The molecule has 2 aromatic rings. The van der Waals surface area contributed by atoms with Gasteiger partial charge in [0.05, 0.1) is 22.5 Å². The van der Waals surface area contributed by atoms with Crippen LogP contribution in [0, 0.1) is 6.92 Å². The van der Waals surface area contributed by atoms with Gasteiger partial charge in [-0.2, -0.15) is 0 Å². The van der Waals surface area contributed by atoms with Gasteiger partial charge in [-0.15, -0.1) is 0 Å². The Morgan fingerprint density at radius 1 is 1.27 bits per heavy atom. The van der Waals surface area contributed by atoms with Crippen LogP contribution in [0.25, 0.3) is 5.70 Å². The van der Waals surface area contributed by atoms with E-state index in [1.165, 1.54) is 0 Å². The number of allylic oxidation sites excluding steroid dienone is 1. The van der Waals surface area contributed by atoms with Gasteiger partial charge in [0.1, 0.15) is 17.3 Å². The van der Waals surface area contributed by atoms with Crippen LogP contribution >= 0.6 is 0 Å². The quantitative estimate of drug-likeness (QED) is 0.542. The topological polar surface area (TPSA) is 82.8 Å². The average molecular weight is 450 g/mol. The Hall–Kier alpha value is -3.35. The Bertz CT molecular complexity index is 1140. The largest absolute Gasteiger partial charge is 0.507 e. The number of rotatable bonds is 9. The maximum absolute atomic E-state index is 12.9. The van der Waals surface area contributed by atoms with Gasteiger partial charge in [0.2, 0.25) is 0 Å². The fraction of sp³-hybridized carbons (Fsp3) is 0.423. The van der Waals surface area contributed by atoms with Crippen molar-refractivity contribution < 1.29 is 9.90 Å². The summed E-state index contributed by atoms with van der Waals surface area (Å²) >= 11 is 0. The molecule has 0 aliphatic carbocycles. The summed E-state index contributed by atoms with van der Waals surface area (Å²) < 4.78 is 1.90. The molecule has 1 aromatic carbocycles. The van der Waals surface area contributed by atoms with E-state index in [0.29, 0.717) is 23.5 Å². The summed E-state index contributed by atoms with van der Waals surface area (Å²) in [5.41, 5.74) is 6.81. The molecule has 7 nitrogen and oxygen atoms in total. The number of amidine groups is 1. The van der Waals surface area contributed by atoms with Crippen molar-refractivity contribution in [1.82, 2.24) is 9.66 Å². The zero-order chi connectivity index (χ0) is 24.5. The normalized spacial score (nSPS) is 13.3. The van der Waals surface area contributed by atoms with Crippen LogP contribution in [0.2, 0.25) is 0 Å². The number of hydrogen-bond acceptors (Lipinski definition) is 6. The van der Waals surface area contributed by atoms with Gasteiger partial charge < -0.3 is 10.0 Å². The van der Waals surface area contributed by atoms with Gasteiger partial charge in [0.25, 0.3) is 0 Å². The first-order valence-corrected chi connectivity index (χ1v) is 11.5. The zero-order valence-electron chi connectivity index (χ0n) is 20.6. The lowest BCUT2D eigenvalue weighted by Crippen LogP contribution is -2.49. The van der Waals surface area contributed by atoms with Crippen molar-refractivity contribution >= 4 is 23.0 Å². The third-order valence-electron chi connectivity index (χ3n) is 5.93. The van der Waals surface area contributed by atoms with Crippen LogP contribution < -0.4 is 10.3 Å². The maximum atomic E-state index is 12.9. The number of Topliss-reactive ketones (excluding diaryl/α,β-unsaturated/α-hetero) is 1. The molecule has 1 aliphatic heterocycles. The number of aliphatic imine (C=N–C) groups is 1. The van der Waals surface area contributed by atoms with Crippen LogP contribution in [0.3, 0.4) is 0 Å². The maximum Gasteiger partial charge on any atom is 0.158 e. The summed E-state index contributed by atoms with van der Waals surface area (Å²) in [5, 5.41) is 10.7. The Morgan fingerprint density at radius 3 is 2.58 bits per heavy atom. The lowest BCUT2D eigenvalue weighted by atomic mass is 9.92. The molecule has 0 fully saturated rings. The lowest BCUT2D eigenvalue weighted by Gasteiger charge is -2.40. The van der Waals surface area contributed by atoms with Crippen LogP contribution in [0.1, 0.15) is 76.7 Å². The second-order valence-corrected chi connectivity index (χ2v) is 9.07. The number of anilines is 1. The van der Waals surface area contributed by atoms with E-state index < -0.39 is 5.54 Å². The van der Waals surface area contributed by atoms with Gasteiger partial charge >= 0.3 is 0 Å². The molecule has 0 atom stereocenters. The molecule has 0 unspecified atom stereocenters. The molecular formula is C26H35N5O2. The predicted molar refractivity (Wildman–Crippen MR) is 135 cm³/mol. The summed E-state index contributed by atoms with van der Waals surface area (Å²) in [6, 6.07) is 5.25. The molecule has 1 aromatic heterocycles. The van der Waals surface area contributed by atoms with Crippen molar-refractivity contribution in [3.8, 4) is 5.75 Å². The molecule has 1 aliphatic rings. The molecule has 0 radical (unpaired) electrons. The van der Waals surface area contributed by atoms with Crippen molar-refractivity contribution in [2.75, 3.05) is 10.3 Å². The van der Waals surface area contributed by atoms with Crippen molar-refractivity contribution in [2.45, 2.75) is 72.8 Å². The van der Waals surface area contributed by atoms with Crippen LogP contribution in [-0.4, -0.2) is 31.9 Å². The number of aromatic nitrogens is 2. The highest BCUT2D eigenvalue weighted by Gasteiger charge is 2.35. The van der Waals surface area contributed by atoms with E-state index in [2.05, 4.69) is 35.5 Å². The van der Waals surface area contributed by atoms with E-state index in [9.17, 15) is 9.90 Å². The van der Waals surface area contributed by atoms with Crippen molar-refractivity contribution in [2.24, 2.45) is 4.99 Å². The van der Waals surface area contributed by atoms with Crippen molar-refractivity contribution in [3.05, 3.63) is 59.8 Å². The summed E-state index contributed by atoms with van der Waals surface area (Å²) in [6.45, 7) is 20.0. The summed E-state index contributed by atoms with van der Waals surface area (Å²) in [5.74, 6) is 1.58. The molecule has 0 saturated carbocycles. The smallest absolute Gasteiger partial charge is 0.158 e. The van der Waals surface area contributed by atoms with Crippen LogP contribution in [0.4, 0.5) is 5.69 Å². The van der Waals surface area contributed by atoms with E-state index in [1.807, 2.05) is 50.3 Å². The first kappa shape index (κ1) is 24.3. The number of aryl methyl sites for hydroxylation is 2. The molecule has 0 amide bonds. The fourth-order valence-electron chi connectivity index (χ4n) is 4.41. The second-order valence-electron chi connectivity index (χ2n) is 9.07. The van der Waals surface area contributed by atoms with Crippen LogP contribution in [0.15, 0.2) is 42.0 Å². The Kier molecular flexibility index (Phi) is 6.81.